The molecular weight excluding hydrogens is 202 g/mol. The van der Waals surface area contributed by atoms with Crippen molar-refractivity contribution in [2.24, 2.45) is 0 Å². The molecule has 0 radical (unpaired) electrons. The van der Waals surface area contributed by atoms with Crippen LogP contribution in [0.3, 0.4) is 0 Å². The maximum atomic E-state index is 5.33. The van der Waals surface area contributed by atoms with E-state index in [9.17, 15) is 0 Å². The number of hydrogen-bond donors (Lipinski definition) is 1. The van der Waals surface area contributed by atoms with Crippen molar-refractivity contribution in [1.82, 2.24) is 4.98 Å². The zero-order chi connectivity index (χ0) is 11.4. The molecule has 0 atom stereocenters. The van der Waals surface area contributed by atoms with E-state index in [1.165, 1.54) is 5.56 Å². The van der Waals surface area contributed by atoms with E-state index in [1.807, 2.05) is 30.6 Å². The van der Waals surface area contributed by atoms with Crippen molar-refractivity contribution >= 4 is 0 Å². The number of methoxy groups -OCH3 is 2. The summed E-state index contributed by atoms with van der Waals surface area (Å²) in [5, 5.41) is 0. The van der Waals surface area contributed by atoms with Gasteiger partial charge in [0, 0.05) is 24.4 Å². The molecule has 1 aromatic heterocycles. The van der Waals surface area contributed by atoms with Gasteiger partial charge in [-0.05, 0) is 29.8 Å². The third-order valence-electron chi connectivity index (χ3n) is 2.54. The van der Waals surface area contributed by atoms with Crippen LogP contribution in [0.2, 0.25) is 0 Å². The van der Waals surface area contributed by atoms with Gasteiger partial charge in [0.25, 0.3) is 0 Å². The van der Waals surface area contributed by atoms with Crippen LogP contribution in [0.1, 0.15) is 11.1 Å². The second-order valence-corrected chi connectivity index (χ2v) is 3.57. The summed E-state index contributed by atoms with van der Waals surface area (Å²) in [6.07, 6.45) is 4.74. The summed E-state index contributed by atoms with van der Waals surface area (Å²) >= 11 is 0. The molecule has 1 aromatic carbocycles. The van der Waals surface area contributed by atoms with Gasteiger partial charge in [0.2, 0.25) is 0 Å². The van der Waals surface area contributed by atoms with Crippen LogP contribution >= 0.6 is 0 Å². The van der Waals surface area contributed by atoms with Gasteiger partial charge in [-0.25, -0.2) is 0 Å². The number of hydrogen-bond acceptors (Lipinski definition) is 2. The van der Waals surface area contributed by atoms with Gasteiger partial charge in [0.15, 0.2) is 0 Å². The summed E-state index contributed by atoms with van der Waals surface area (Å²) in [6.45, 7) is 0. The number of H-pyrrole nitrogens is 1. The summed E-state index contributed by atoms with van der Waals surface area (Å²) in [5.74, 6) is 1.74. The SMILES string of the molecule is COc1ccc(OC)c(Cc2cc[nH]c2)c1. The highest BCUT2D eigenvalue weighted by Gasteiger charge is 2.06. The molecule has 1 heterocycles. The molecule has 3 nitrogen and oxygen atoms in total. The highest BCUT2D eigenvalue weighted by Crippen LogP contribution is 2.26. The number of ether oxygens (including phenoxy) is 2. The molecule has 0 aliphatic rings. The van der Waals surface area contributed by atoms with Gasteiger partial charge in [0.1, 0.15) is 11.5 Å². The Balaban J connectivity index is 2.30. The van der Waals surface area contributed by atoms with Gasteiger partial charge in [-0.15, -0.1) is 0 Å². The molecule has 2 rings (SSSR count). The van der Waals surface area contributed by atoms with E-state index in [0.29, 0.717) is 0 Å². The van der Waals surface area contributed by atoms with Crippen LogP contribution in [0.5, 0.6) is 11.5 Å². The first-order chi connectivity index (χ1) is 7.83. The predicted molar refractivity (Wildman–Crippen MR) is 63.1 cm³/mol. The fourth-order valence-corrected chi connectivity index (χ4v) is 1.71. The molecule has 0 aliphatic carbocycles. The van der Waals surface area contributed by atoms with E-state index in [-0.39, 0.29) is 0 Å². The second kappa shape index (κ2) is 4.75. The number of aromatic amines is 1. The molecule has 0 unspecified atom stereocenters. The molecule has 2 aromatic rings. The van der Waals surface area contributed by atoms with Gasteiger partial charge in [-0.2, -0.15) is 0 Å². The van der Waals surface area contributed by atoms with Crippen LogP contribution in [-0.4, -0.2) is 19.2 Å². The topological polar surface area (TPSA) is 34.2 Å². The minimum Gasteiger partial charge on any atom is -0.497 e. The predicted octanol–water partition coefficient (Wildman–Crippen LogP) is 2.62. The first kappa shape index (κ1) is 10.6. The van der Waals surface area contributed by atoms with Crippen molar-refractivity contribution < 1.29 is 9.47 Å². The largest absolute Gasteiger partial charge is 0.497 e. The number of aromatic nitrogens is 1. The molecule has 0 spiro atoms. The van der Waals surface area contributed by atoms with E-state index in [1.54, 1.807) is 14.2 Å². The lowest BCUT2D eigenvalue weighted by atomic mass is 10.1. The highest BCUT2D eigenvalue weighted by molar-refractivity contribution is 5.42. The molecule has 0 bridgehead atoms. The van der Waals surface area contributed by atoms with Crippen molar-refractivity contribution in [2.75, 3.05) is 14.2 Å². The summed E-state index contributed by atoms with van der Waals surface area (Å²) in [7, 11) is 3.35. The first-order valence-corrected chi connectivity index (χ1v) is 5.16. The number of nitrogens with one attached hydrogen (secondary N) is 1. The summed E-state index contributed by atoms with van der Waals surface area (Å²) in [4.78, 5) is 3.04. The molecule has 0 fully saturated rings. The molecule has 0 amide bonds. The second-order valence-electron chi connectivity index (χ2n) is 3.57. The lowest BCUT2D eigenvalue weighted by molar-refractivity contribution is 0.399. The van der Waals surface area contributed by atoms with E-state index in [0.717, 1.165) is 23.5 Å². The van der Waals surface area contributed by atoms with Crippen LogP contribution in [0.15, 0.2) is 36.7 Å². The van der Waals surface area contributed by atoms with Crippen LogP contribution in [0, 0.1) is 0 Å². The van der Waals surface area contributed by atoms with Gasteiger partial charge >= 0.3 is 0 Å². The monoisotopic (exact) mass is 217 g/mol. The molecule has 84 valence electrons. The van der Waals surface area contributed by atoms with Crippen LogP contribution < -0.4 is 9.47 Å². The van der Waals surface area contributed by atoms with Crippen LogP contribution in [0.4, 0.5) is 0 Å². The fourth-order valence-electron chi connectivity index (χ4n) is 1.71. The molecular formula is C13H15NO2. The Kier molecular flexibility index (Phi) is 3.15. The summed E-state index contributed by atoms with van der Waals surface area (Å²) in [6, 6.07) is 7.89. The maximum Gasteiger partial charge on any atom is 0.122 e. The third-order valence-corrected chi connectivity index (χ3v) is 2.54. The van der Waals surface area contributed by atoms with E-state index in [2.05, 4.69) is 11.1 Å². The zero-order valence-corrected chi connectivity index (χ0v) is 9.49. The average Bonchev–Trinajstić information content (AvgIpc) is 2.82. The smallest absolute Gasteiger partial charge is 0.122 e. The fraction of sp³-hybridized carbons (Fsp3) is 0.231. The number of rotatable bonds is 4. The van der Waals surface area contributed by atoms with Gasteiger partial charge in [-0.3, -0.25) is 0 Å². The van der Waals surface area contributed by atoms with Crippen LogP contribution in [0.25, 0.3) is 0 Å². The Morgan fingerprint density at radius 1 is 1.12 bits per heavy atom. The van der Waals surface area contributed by atoms with Crippen molar-refractivity contribution in [3.8, 4) is 11.5 Å². The van der Waals surface area contributed by atoms with Gasteiger partial charge in [-0.1, -0.05) is 0 Å². The Labute approximate surface area is 95.0 Å². The lowest BCUT2D eigenvalue weighted by Crippen LogP contribution is -1.94. The zero-order valence-electron chi connectivity index (χ0n) is 9.49. The summed E-state index contributed by atoms with van der Waals surface area (Å²) in [5.41, 5.74) is 2.35. The van der Waals surface area contributed by atoms with E-state index in [4.69, 9.17) is 9.47 Å². The lowest BCUT2D eigenvalue weighted by Gasteiger charge is -2.09. The van der Waals surface area contributed by atoms with E-state index >= 15 is 0 Å². The highest BCUT2D eigenvalue weighted by atomic mass is 16.5. The average molecular weight is 217 g/mol. The molecule has 0 aliphatic heterocycles. The first-order valence-electron chi connectivity index (χ1n) is 5.16. The van der Waals surface area contributed by atoms with Crippen LogP contribution in [-0.2, 0) is 6.42 Å². The quantitative estimate of drug-likeness (QED) is 0.854. The minimum absolute atomic E-state index is 0.837. The summed E-state index contributed by atoms with van der Waals surface area (Å²) < 4.78 is 10.5. The van der Waals surface area contributed by atoms with Crippen molar-refractivity contribution in [1.29, 1.82) is 0 Å². The maximum absolute atomic E-state index is 5.33. The minimum atomic E-state index is 0.837. The Hall–Kier alpha value is -1.90. The standard InChI is InChI=1S/C13H15NO2/c1-15-12-3-4-13(16-2)11(8-12)7-10-5-6-14-9-10/h3-6,8-9,14H,7H2,1-2H3. The Bertz CT molecular complexity index is 449. The van der Waals surface area contributed by atoms with Crippen molar-refractivity contribution in [3.05, 3.63) is 47.8 Å². The van der Waals surface area contributed by atoms with Crippen molar-refractivity contribution in [2.45, 2.75) is 6.42 Å². The third kappa shape index (κ3) is 2.19. The van der Waals surface area contributed by atoms with Gasteiger partial charge < -0.3 is 14.5 Å². The molecule has 0 saturated carbocycles. The van der Waals surface area contributed by atoms with E-state index < -0.39 is 0 Å². The normalized spacial score (nSPS) is 10.1. The van der Waals surface area contributed by atoms with Crippen molar-refractivity contribution in [3.63, 3.8) is 0 Å². The molecule has 1 N–H and O–H groups in total. The Morgan fingerprint density at radius 3 is 2.62 bits per heavy atom. The van der Waals surface area contributed by atoms with Gasteiger partial charge in [0.05, 0.1) is 14.2 Å². The molecule has 3 heteroatoms. The molecule has 0 saturated heterocycles. The molecule has 16 heavy (non-hydrogen) atoms. The Morgan fingerprint density at radius 2 is 2.00 bits per heavy atom. The number of benzene rings is 1.